The quantitative estimate of drug-likeness (QED) is 0.364. The van der Waals surface area contributed by atoms with Crippen LogP contribution in [0.1, 0.15) is 10.4 Å². The molecule has 0 bridgehead atoms. The van der Waals surface area contributed by atoms with Crippen molar-refractivity contribution in [2.24, 2.45) is 0 Å². The van der Waals surface area contributed by atoms with Gasteiger partial charge in [-0.3, -0.25) is 14.9 Å². The van der Waals surface area contributed by atoms with Crippen molar-refractivity contribution in [2.45, 2.75) is 5.03 Å². The van der Waals surface area contributed by atoms with E-state index in [1.807, 2.05) is 18.2 Å². The maximum absolute atomic E-state index is 13.0. The second-order valence-electron chi connectivity index (χ2n) is 7.04. The second kappa shape index (κ2) is 9.57. The van der Waals surface area contributed by atoms with E-state index in [2.05, 4.69) is 20.6 Å². The summed E-state index contributed by atoms with van der Waals surface area (Å²) in [5, 5.41) is 6.53. The number of benzene rings is 2. The van der Waals surface area contributed by atoms with Gasteiger partial charge in [0.25, 0.3) is 5.91 Å². The summed E-state index contributed by atoms with van der Waals surface area (Å²) in [5.74, 6) is 1.35. The lowest BCUT2D eigenvalue weighted by Crippen LogP contribution is -2.16. The molecule has 0 saturated carbocycles. The molecule has 0 aliphatic carbocycles. The van der Waals surface area contributed by atoms with Crippen LogP contribution in [0, 0.1) is 0 Å². The lowest BCUT2D eigenvalue weighted by atomic mass is 10.3. The summed E-state index contributed by atoms with van der Waals surface area (Å²) in [5.41, 5.74) is 1.64. The predicted octanol–water partition coefficient (Wildman–Crippen LogP) is 4.41. The number of hydrogen-bond donors (Lipinski definition) is 2. The summed E-state index contributed by atoms with van der Waals surface area (Å²) in [6, 6.07) is 14.1. The summed E-state index contributed by atoms with van der Waals surface area (Å²) >= 11 is 2.52. The number of para-hydroxylation sites is 1. The summed E-state index contributed by atoms with van der Waals surface area (Å²) in [7, 11) is 1.58. The summed E-state index contributed by atoms with van der Waals surface area (Å²) in [6.07, 6.45) is 1.58. The van der Waals surface area contributed by atoms with E-state index in [0.29, 0.717) is 44.2 Å². The molecular weight excluding hydrogens is 476 g/mol. The van der Waals surface area contributed by atoms with Crippen LogP contribution < -0.4 is 24.8 Å². The maximum atomic E-state index is 13.0. The minimum absolute atomic E-state index is 0.0735. The van der Waals surface area contributed by atoms with Crippen molar-refractivity contribution in [1.82, 2.24) is 9.97 Å². The van der Waals surface area contributed by atoms with Gasteiger partial charge in [-0.2, -0.15) is 0 Å². The van der Waals surface area contributed by atoms with Crippen LogP contribution in [0.5, 0.6) is 17.2 Å². The number of thiazole rings is 1. The smallest absolute Gasteiger partial charge is 0.260 e. The Morgan fingerprint density at radius 1 is 1.12 bits per heavy atom. The third-order valence-corrected chi connectivity index (χ3v) is 6.78. The standard InChI is InChI=1S/C23H18N4O5S2/c1-30-16-5-2-6-18-20(16)26-23(34-18)27-21(29)14-4-3-9-24-22(14)33-11-19(28)25-13-7-8-15-17(10-13)32-12-31-15/h2-10H,11-12H2,1H3,(H,25,28)(H,26,27,29). The van der Waals surface area contributed by atoms with Gasteiger partial charge in [0.2, 0.25) is 12.7 Å². The van der Waals surface area contributed by atoms with Gasteiger partial charge in [0.05, 0.1) is 23.1 Å². The van der Waals surface area contributed by atoms with Crippen molar-refractivity contribution in [2.75, 3.05) is 30.3 Å². The molecule has 172 valence electrons. The van der Waals surface area contributed by atoms with E-state index < -0.39 is 0 Å². The minimum atomic E-state index is -0.357. The Morgan fingerprint density at radius 2 is 2.00 bits per heavy atom. The van der Waals surface area contributed by atoms with Crippen molar-refractivity contribution in [3.63, 3.8) is 0 Å². The Morgan fingerprint density at radius 3 is 2.88 bits per heavy atom. The van der Waals surface area contributed by atoms with Crippen molar-refractivity contribution >= 4 is 55.9 Å². The molecule has 1 aliphatic heterocycles. The highest BCUT2D eigenvalue weighted by Gasteiger charge is 2.18. The molecule has 0 radical (unpaired) electrons. The molecule has 9 nitrogen and oxygen atoms in total. The highest BCUT2D eigenvalue weighted by molar-refractivity contribution is 8.00. The Hall–Kier alpha value is -3.83. The Labute approximate surface area is 202 Å². The first-order valence-corrected chi connectivity index (χ1v) is 11.9. The summed E-state index contributed by atoms with van der Waals surface area (Å²) in [6.45, 7) is 0.164. The van der Waals surface area contributed by atoms with Crippen molar-refractivity contribution < 1.29 is 23.8 Å². The molecule has 4 aromatic rings. The van der Waals surface area contributed by atoms with Gasteiger partial charge in [0, 0.05) is 18.0 Å². The van der Waals surface area contributed by atoms with E-state index in [-0.39, 0.29) is 24.4 Å². The number of nitrogens with one attached hydrogen (secondary N) is 2. The molecule has 0 spiro atoms. The molecule has 2 aromatic heterocycles. The average Bonchev–Trinajstić information content (AvgIpc) is 3.48. The van der Waals surface area contributed by atoms with Gasteiger partial charge in [0.1, 0.15) is 16.3 Å². The van der Waals surface area contributed by atoms with Crippen LogP contribution in [0.25, 0.3) is 10.2 Å². The van der Waals surface area contributed by atoms with Gasteiger partial charge in [-0.25, -0.2) is 9.97 Å². The molecule has 2 amide bonds. The van der Waals surface area contributed by atoms with Crippen molar-refractivity contribution in [3.05, 3.63) is 60.3 Å². The van der Waals surface area contributed by atoms with Gasteiger partial charge in [-0.15, -0.1) is 0 Å². The Kier molecular flexibility index (Phi) is 6.19. The van der Waals surface area contributed by atoms with Gasteiger partial charge >= 0.3 is 0 Å². The first kappa shape index (κ1) is 22.0. The normalized spacial score (nSPS) is 11.9. The number of amides is 2. The molecule has 0 saturated heterocycles. The number of fused-ring (bicyclic) bond motifs is 2. The molecule has 1 aliphatic rings. The topological polar surface area (TPSA) is 112 Å². The number of anilines is 2. The molecule has 11 heteroatoms. The maximum Gasteiger partial charge on any atom is 0.260 e. The molecule has 0 fully saturated rings. The SMILES string of the molecule is COc1cccc2sc(NC(=O)c3cccnc3SCC(=O)Nc3ccc4c(c3)OCO4)nc12. The van der Waals surface area contributed by atoms with E-state index in [1.165, 1.54) is 23.1 Å². The first-order valence-electron chi connectivity index (χ1n) is 10.1. The number of methoxy groups -OCH3 is 1. The Balaban J connectivity index is 1.25. The second-order valence-corrected chi connectivity index (χ2v) is 9.04. The van der Waals surface area contributed by atoms with E-state index in [0.717, 1.165) is 4.70 Å². The fourth-order valence-electron chi connectivity index (χ4n) is 3.29. The molecular formula is C23H18N4O5S2. The fraction of sp³-hybridized carbons (Fsp3) is 0.130. The third kappa shape index (κ3) is 4.61. The molecule has 34 heavy (non-hydrogen) atoms. The number of aromatic nitrogens is 2. The molecule has 2 N–H and O–H groups in total. The predicted molar refractivity (Wildman–Crippen MR) is 130 cm³/mol. The molecule has 3 heterocycles. The van der Waals surface area contributed by atoms with Crippen LogP contribution in [-0.2, 0) is 4.79 Å². The molecule has 0 unspecified atom stereocenters. The van der Waals surface area contributed by atoms with Crippen molar-refractivity contribution in [3.8, 4) is 17.2 Å². The lowest BCUT2D eigenvalue weighted by Gasteiger charge is -2.08. The largest absolute Gasteiger partial charge is 0.494 e. The zero-order valence-corrected chi connectivity index (χ0v) is 19.5. The minimum Gasteiger partial charge on any atom is -0.494 e. The number of nitrogens with zero attached hydrogens (tertiary/aromatic N) is 2. The fourth-order valence-corrected chi connectivity index (χ4v) is 4.96. The van der Waals surface area contributed by atoms with Crippen LogP contribution in [0.2, 0.25) is 0 Å². The summed E-state index contributed by atoms with van der Waals surface area (Å²) in [4.78, 5) is 34.2. The number of rotatable bonds is 7. The van der Waals surface area contributed by atoms with Gasteiger partial charge in [-0.1, -0.05) is 29.2 Å². The zero-order valence-electron chi connectivity index (χ0n) is 17.9. The van der Waals surface area contributed by atoms with E-state index in [1.54, 1.807) is 43.6 Å². The van der Waals surface area contributed by atoms with E-state index in [4.69, 9.17) is 14.2 Å². The van der Waals surface area contributed by atoms with Crippen molar-refractivity contribution in [1.29, 1.82) is 0 Å². The van der Waals surface area contributed by atoms with E-state index >= 15 is 0 Å². The van der Waals surface area contributed by atoms with Crippen LogP contribution in [0.15, 0.2) is 59.8 Å². The third-order valence-electron chi connectivity index (χ3n) is 4.83. The number of hydrogen-bond acceptors (Lipinski definition) is 9. The van der Waals surface area contributed by atoms with Gasteiger partial charge in [-0.05, 0) is 36.4 Å². The number of ether oxygens (including phenoxy) is 3. The summed E-state index contributed by atoms with van der Waals surface area (Å²) < 4.78 is 16.8. The van der Waals surface area contributed by atoms with E-state index in [9.17, 15) is 9.59 Å². The van der Waals surface area contributed by atoms with Crippen LogP contribution in [0.4, 0.5) is 10.8 Å². The molecule has 0 atom stereocenters. The monoisotopic (exact) mass is 494 g/mol. The van der Waals surface area contributed by atoms with Crippen LogP contribution in [0.3, 0.4) is 0 Å². The van der Waals surface area contributed by atoms with Gasteiger partial charge in [0.15, 0.2) is 16.6 Å². The Bertz CT molecular complexity index is 1390. The van der Waals surface area contributed by atoms with Crippen LogP contribution in [-0.4, -0.2) is 41.4 Å². The van der Waals surface area contributed by atoms with Gasteiger partial charge < -0.3 is 19.5 Å². The number of thioether (sulfide) groups is 1. The van der Waals surface area contributed by atoms with Crippen LogP contribution >= 0.6 is 23.1 Å². The highest BCUT2D eigenvalue weighted by Crippen LogP contribution is 2.35. The number of carbonyl (C=O) groups excluding carboxylic acids is 2. The molecule has 5 rings (SSSR count). The zero-order chi connectivity index (χ0) is 23.5. The lowest BCUT2D eigenvalue weighted by molar-refractivity contribution is -0.113. The average molecular weight is 495 g/mol. The highest BCUT2D eigenvalue weighted by atomic mass is 32.2. The number of pyridine rings is 1. The first-order chi connectivity index (χ1) is 16.6. The molecule has 2 aromatic carbocycles. The number of carbonyl (C=O) groups is 2.